The molecule has 1 rings (SSSR count). The molecule has 1 N–H and O–H groups in total. The van der Waals surface area contributed by atoms with Crippen molar-refractivity contribution in [2.24, 2.45) is 0 Å². The lowest BCUT2D eigenvalue weighted by molar-refractivity contribution is -0.122. The average Bonchev–Trinajstić information content (AvgIpc) is 2.42. The van der Waals surface area contributed by atoms with Crippen molar-refractivity contribution >= 4 is 11.6 Å². The highest BCUT2D eigenvalue weighted by Crippen LogP contribution is 2.20. The summed E-state index contributed by atoms with van der Waals surface area (Å²) in [6.07, 6.45) is 1.01. The molecule has 5 heteroatoms. The van der Waals surface area contributed by atoms with Gasteiger partial charge in [0.2, 0.25) is 0 Å². The molecule has 0 spiro atoms. The average molecular weight is 290 g/mol. The largest absolute Gasteiger partial charge is 0.354 e. The molecular formula is C14H21ClFNO2. The van der Waals surface area contributed by atoms with E-state index in [1.165, 1.54) is 0 Å². The van der Waals surface area contributed by atoms with Crippen LogP contribution in [-0.2, 0) is 15.9 Å². The highest BCUT2D eigenvalue weighted by molar-refractivity contribution is 6.30. The maximum Gasteiger partial charge on any atom is 0.172 e. The van der Waals surface area contributed by atoms with Crippen LogP contribution in [0.4, 0.5) is 4.39 Å². The fourth-order valence-corrected chi connectivity index (χ4v) is 2.16. The molecule has 0 saturated carbocycles. The fraction of sp³-hybridized carbons (Fsp3) is 0.571. The molecule has 108 valence electrons. The summed E-state index contributed by atoms with van der Waals surface area (Å²) in [7, 11) is 3.15. The Kier molecular flexibility index (Phi) is 7.31. The SMILES string of the molecule is CCCNC(Cc1cccc(Cl)c1F)C(OC)OC. The van der Waals surface area contributed by atoms with E-state index >= 15 is 0 Å². The van der Waals surface area contributed by atoms with E-state index in [9.17, 15) is 4.39 Å². The molecule has 0 saturated heterocycles. The third-order valence-electron chi connectivity index (χ3n) is 2.92. The lowest BCUT2D eigenvalue weighted by Gasteiger charge is -2.26. The smallest absolute Gasteiger partial charge is 0.172 e. The van der Waals surface area contributed by atoms with Crippen LogP contribution >= 0.6 is 11.6 Å². The van der Waals surface area contributed by atoms with Crippen molar-refractivity contribution in [2.45, 2.75) is 32.1 Å². The van der Waals surface area contributed by atoms with Gasteiger partial charge in [-0.05, 0) is 31.0 Å². The van der Waals surface area contributed by atoms with Crippen LogP contribution in [0.15, 0.2) is 18.2 Å². The summed E-state index contributed by atoms with van der Waals surface area (Å²) < 4.78 is 24.4. The Morgan fingerprint density at radius 2 is 2.00 bits per heavy atom. The van der Waals surface area contributed by atoms with Crippen molar-refractivity contribution in [1.29, 1.82) is 0 Å². The Morgan fingerprint density at radius 1 is 1.32 bits per heavy atom. The van der Waals surface area contributed by atoms with E-state index in [0.717, 1.165) is 13.0 Å². The van der Waals surface area contributed by atoms with Gasteiger partial charge in [0.1, 0.15) is 5.82 Å². The van der Waals surface area contributed by atoms with E-state index < -0.39 is 6.29 Å². The molecule has 0 amide bonds. The maximum atomic E-state index is 13.9. The van der Waals surface area contributed by atoms with Gasteiger partial charge in [-0.15, -0.1) is 0 Å². The van der Waals surface area contributed by atoms with Gasteiger partial charge in [0.15, 0.2) is 6.29 Å². The second-order valence-electron chi connectivity index (χ2n) is 4.32. The molecule has 0 radical (unpaired) electrons. The van der Waals surface area contributed by atoms with Crippen molar-refractivity contribution < 1.29 is 13.9 Å². The van der Waals surface area contributed by atoms with Gasteiger partial charge in [-0.2, -0.15) is 0 Å². The summed E-state index contributed by atoms with van der Waals surface area (Å²) in [5.74, 6) is -0.376. The van der Waals surface area contributed by atoms with Crippen LogP contribution in [0.2, 0.25) is 5.02 Å². The van der Waals surface area contributed by atoms with Crippen molar-refractivity contribution in [2.75, 3.05) is 20.8 Å². The summed E-state index contributed by atoms with van der Waals surface area (Å²) in [6.45, 7) is 2.88. The number of nitrogens with one attached hydrogen (secondary N) is 1. The number of ether oxygens (including phenoxy) is 2. The number of benzene rings is 1. The molecule has 1 atom stereocenters. The zero-order chi connectivity index (χ0) is 14.3. The van der Waals surface area contributed by atoms with Crippen LogP contribution in [0.5, 0.6) is 0 Å². The topological polar surface area (TPSA) is 30.5 Å². The quantitative estimate of drug-likeness (QED) is 0.746. The first-order valence-corrected chi connectivity index (χ1v) is 6.73. The highest BCUT2D eigenvalue weighted by Gasteiger charge is 2.22. The Balaban J connectivity index is 2.83. The molecule has 19 heavy (non-hydrogen) atoms. The molecule has 0 aliphatic heterocycles. The van der Waals surface area contributed by atoms with Crippen LogP contribution in [0, 0.1) is 5.82 Å². The van der Waals surface area contributed by atoms with Crippen molar-refractivity contribution in [3.63, 3.8) is 0 Å². The second-order valence-corrected chi connectivity index (χ2v) is 4.72. The number of hydrogen-bond acceptors (Lipinski definition) is 3. The molecule has 0 aliphatic rings. The van der Waals surface area contributed by atoms with Gasteiger partial charge < -0.3 is 14.8 Å². The molecule has 0 heterocycles. The lowest BCUT2D eigenvalue weighted by atomic mass is 10.0. The molecule has 0 fully saturated rings. The predicted molar refractivity (Wildman–Crippen MR) is 75.0 cm³/mol. The van der Waals surface area contributed by atoms with Crippen molar-refractivity contribution in [3.05, 3.63) is 34.6 Å². The van der Waals surface area contributed by atoms with Gasteiger partial charge in [-0.1, -0.05) is 30.7 Å². The van der Waals surface area contributed by atoms with Crippen molar-refractivity contribution in [3.8, 4) is 0 Å². The molecule has 0 bridgehead atoms. The predicted octanol–water partition coefficient (Wildman–Crippen LogP) is 3.01. The molecule has 3 nitrogen and oxygen atoms in total. The zero-order valence-electron chi connectivity index (χ0n) is 11.6. The summed E-state index contributed by atoms with van der Waals surface area (Å²) in [5, 5.41) is 3.44. The second kappa shape index (κ2) is 8.48. The van der Waals surface area contributed by atoms with Crippen LogP contribution in [0.25, 0.3) is 0 Å². The fourth-order valence-electron chi connectivity index (χ4n) is 1.96. The first-order valence-electron chi connectivity index (χ1n) is 6.35. The molecule has 0 aliphatic carbocycles. The Bertz CT molecular complexity index is 386. The van der Waals surface area contributed by atoms with Crippen LogP contribution in [0.1, 0.15) is 18.9 Å². The van der Waals surface area contributed by atoms with E-state index in [-0.39, 0.29) is 16.9 Å². The van der Waals surface area contributed by atoms with E-state index in [0.29, 0.717) is 12.0 Å². The third-order valence-corrected chi connectivity index (χ3v) is 3.21. The van der Waals surface area contributed by atoms with Gasteiger partial charge in [0, 0.05) is 14.2 Å². The number of rotatable bonds is 8. The van der Waals surface area contributed by atoms with E-state index in [1.54, 1.807) is 32.4 Å². The Morgan fingerprint density at radius 3 is 2.58 bits per heavy atom. The molecule has 1 aromatic rings. The summed E-state index contributed by atoms with van der Waals surface area (Å²) in [4.78, 5) is 0. The number of methoxy groups -OCH3 is 2. The third kappa shape index (κ3) is 4.73. The molecular weight excluding hydrogens is 269 g/mol. The van der Waals surface area contributed by atoms with Gasteiger partial charge in [0.05, 0.1) is 11.1 Å². The normalized spacial score (nSPS) is 12.9. The summed E-state index contributed by atoms with van der Waals surface area (Å²) in [5.41, 5.74) is 0.556. The lowest BCUT2D eigenvalue weighted by Crippen LogP contribution is -2.44. The number of halogens is 2. The van der Waals surface area contributed by atoms with Crippen LogP contribution in [0.3, 0.4) is 0 Å². The van der Waals surface area contributed by atoms with E-state index in [1.807, 2.05) is 0 Å². The molecule has 1 aromatic carbocycles. The maximum absolute atomic E-state index is 13.9. The van der Waals surface area contributed by atoms with Gasteiger partial charge in [0.25, 0.3) is 0 Å². The van der Waals surface area contributed by atoms with Crippen LogP contribution < -0.4 is 5.32 Å². The Hall–Kier alpha value is -0.680. The minimum Gasteiger partial charge on any atom is -0.354 e. The highest BCUT2D eigenvalue weighted by atomic mass is 35.5. The molecule has 1 unspecified atom stereocenters. The summed E-state index contributed by atoms with van der Waals surface area (Å²) >= 11 is 5.79. The van der Waals surface area contributed by atoms with E-state index in [4.69, 9.17) is 21.1 Å². The standard InChI is InChI=1S/C14H21ClFNO2/c1-4-8-17-12(14(18-2)19-3)9-10-6-5-7-11(15)13(10)16/h5-7,12,14,17H,4,8-9H2,1-3H3. The monoisotopic (exact) mass is 289 g/mol. The minimum atomic E-state index is -0.426. The summed E-state index contributed by atoms with van der Waals surface area (Å²) in [6, 6.07) is 4.89. The van der Waals surface area contributed by atoms with Gasteiger partial charge in [-0.3, -0.25) is 0 Å². The Labute approximate surface area is 119 Å². The minimum absolute atomic E-state index is 0.122. The van der Waals surface area contributed by atoms with Crippen LogP contribution in [-0.4, -0.2) is 33.1 Å². The molecule has 0 aromatic heterocycles. The van der Waals surface area contributed by atoms with Crippen molar-refractivity contribution in [1.82, 2.24) is 5.32 Å². The zero-order valence-corrected chi connectivity index (χ0v) is 12.3. The first-order chi connectivity index (χ1) is 9.13. The first kappa shape index (κ1) is 16.4. The van der Waals surface area contributed by atoms with Gasteiger partial charge >= 0.3 is 0 Å². The van der Waals surface area contributed by atoms with E-state index in [2.05, 4.69) is 12.2 Å². The number of hydrogen-bond donors (Lipinski definition) is 1. The van der Waals surface area contributed by atoms with Gasteiger partial charge in [-0.25, -0.2) is 4.39 Å².